The van der Waals surface area contributed by atoms with Gasteiger partial charge in [0.05, 0.1) is 15.5 Å². The number of rotatable bonds is 6. The molecule has 0 aliphatic carbocycles. The molecule has 0 unspecified atom stereocenters. The highest BCUT2D eigenvalue weighted by Crippen LogP contribution is 2.33. The zero-order valence-corrected chi connectivity index (χ0v) is 19.0. The van der Waals surface area contributed by atoms with Gasteiger partial charge in [0.2, 0.25) is 0 Å². The van der Waals surface area contributed by atoms with Gasteiger partial charge in [-0.1, -0.05) is 54.1 Å². The van der Waals surface area contributed by atoms with E-state index in [0.717, 1.165) is 11.3 Å². The van der Waals surface area contributed by atoms with Crippen LogP contribution < -0.4 is 10.2 Å². The number of carbonyl (C=O) groups is 1. The Hall–Kier alpha value is -3.58. The van der Waals surface area contributed by atoms with Gasteiger partial charge in [-0.3, -0.25) is 14.9 Å². The van der Waals surface area contributed by atoms with Crippen LogP contribution in [0.15, 0.2) is 72.8 Å². The van der Waals surface area contributed by atoms with E-state index in [1.165, 1.54) is 6.07 Å². The van der Waals surface area contributed by atoms with Crippen molar-refractivity contribution in [3.8, 4) is 0 Å². The van der Waals surface area contributed by atoms with Crippen LogP contribution in [-0.2, 0) is 0 Å². The maximum Gasteiger partial charge on any atom is 0.292 e. The molecule has 0 radical (unpaired) electrons. The van der Waals surface area contributed by atoms with Gasteiger partial charge in [0, 0.05) is 44.0 Å². The first-order valence-corrected chi connectivity index (χ1v) is 11.2. The van der Waals surface area contributed by atoms with Crippen molar-refractivity contribution in [2.24, 2.45) is 0 Å². The minimum Gasteiger partial charge on any atom is -0.373 e. The average Bonchev–Trinajstić information content (AvgIpc) is 2.84. The van der Waals surface area contributed by atoms with Crippen LogP contribution in [0.4, 0.5) is 17.1 Å². The van der Waals surface area contributed by atoms with Crippen LogP contribution in [0.2, 0.25) is 5.02 Å². The summed E-state index contributed by atoms with van der Waals surface area (Å²) in [5.74, 6) is -0.0806. The molecule has 1 saturated heterocycles. The topological polar surface area (TPSA) is 78.7 Å². The number of hydrogen-bond acceptors (Lipinski definition) is 5. The first-order chi connectivity index (χ1) is 15.9. The van der Waals surface area contributed by atoms with E-state index in [4.69, 9.17) is 11.6 Å². The number of hydrogen-bond donors (Lipinski definition) is 1. The SMILES string of the molecule is C[C@H](Nc1cc(N2CCN(C(=O)c3ccccc3Cl)CC2)ccc1[N+](=O)[O-])c1ccccc1. The number of benzene rings is 3. The molecule has 3 aromatic carbocycles. The number of nitro groups is 1. The second kappa shape index (κ2) is 9.92. The van der Waals surface area contributed by atoms with Crippen LogP contribution in [0.5, 0.6) is 0 Å². The summed E-state index contributed by atoms with van der Waals surface area (Å²) < 4.78 is 0. The van der Waals surface area contributed by atoms with Gasteiger partial charge in [-0.2, -0.15) is 0 Å². The highest BCUT2D eigenvalue weighted by atomic mass is 35.5. The van der Waals surface area contributed by atoms with Crippen molar-refractivity contribution >= 4 is 34.6 Å². The Morgan fingerprint density at radius 3 is 2.33 bits per heavy atom. The van der Waals surface area contributed by atoms with E-state index >= 15 is 0 Å². The van der Waals surface area contributed by atoms with Crippen LogP contribution in [0, 0.1) is 10.1 Å². The van der Waals surface area contributed by atoms with E-state index in [-0.39, 0.29) is 22.6 Å². The highest BCUT2D eigenvalue weighted by Gasteiger charge is 2.25. The Bertz CT molecular complexity index is 1150. The minimum atomic E-state index is -0.371. The summed E-state index contributed by atoms with van der Waals surface area (Å²) in [5, 5.41) is 15.3. The smallest absolute Gasteiger partial charge is 0.292 e. The quantitative estimate of drug-likeness (QED) is 0.391. The van der Waals surface area contributed by atoms with Crippen molar-refractivity contribution in [2.75, 3.05) is 36.4 Å². The summed E-state index contributed by atoms with van der Waals surface area (Å²) in [7, 11) is 0. The molecule has 1 aliphatic rings. The van der Waals surface area contributed by atoms with Crippen LogP contribution in [-0.4, -0.2) is 41.9 Å². The third-order valence-electron chi connectivity index (χ3n) is 5.88. The van der Waals surface area contributed by atoms with Crippen molar-refractivity contribution in [2.45, 2.75) is 13.0 Å². The molecule has 0 aromatic heterocycles. The van der Waals surface area contributed by atoms with E-state index in [1.807, 2.05) is 43.3 Å². The Balaban J connectivity index is 1.48. The van der Waals surface area contributed by atoms with Gasteiger partial charge in [0.15, 0.2) is 0 Å². The molecule has 3 aromatic rings. The van der Waals surface area contributed by atoms with E-state index in [9.17, 15) is 14.9 Å². The fraction of sp³-hybridized carbons (Fsp3) is 0.240. The van der Waals surface area contributed by atoms with Gasteiger partial charge in [-0.25, -0.2) is 0 Å². The summed E-state index contributed by atoms with van der Waals surface area (Å²) in [4.78, 5) is 28.0. The van der Waals surface area contributed by atoms with Crippen LogP contribution in [0.25, 0.3) is 0 Å². The molecule has 1 atom stereocenters. The first kappa shape index (κ1) is 22.6. The van der Waals surface area contributed by atoms with E-state index in [0.29, 0.717) is 42.5 Å². The maximum absolute atomic E-state index is 12.8. The van der Waals surface area contributed by atoms with Crippen molar-refractivity contribution in [3.63, 3.8) is 0 Å². The van der Waals surface area contributed by atoms with Crippen molar-refractivity contribution < 1.29 is 9.72 Å². The lowest BCUT2D eigenvalue weighted by Crippen LogP contribution is -2.48. The minimum absolute atomic E-state index is 0.0362. The predicted molar refractivity (Wildman–Crippen MR) is 131 cm³/mol. The summed E-state index contributed by atoms with van der Waals surface area (Å²) in [6, 6.07) is 21.9. The highest BCUT2D eigenvalue weighted by molar-refractivity contribution is 6.33. The van der Waals surface area contributed by atoms with Crippen LogP contribution >= 0.6 is 11.6 Å². The fourth-order valence-electron chi connectivity index (χ4n) is 4.03. The molecule has 0 saturated carbocycles. The molecule has 1 amide bonds. The van der Waals surface area contributed by atoms with E-state index in [1.54, 1.807) is 35.2 Å². The number of carbonyl (C=O) groups excluding carboxylic acids is 1. The number of nitro benzene ring substituents is 1. The number of anilines is 2. The molecule has 0 spiro atoms. The predicted octanol–water partition coefficient (Wildman–Crippen LogP) is 5.38. The Morgan fingerprint density at radius 2 is 1.67 bits per heavy atom. The summed E-state index contributed by atoms with van der Waals surface area (Å²) in [5.41, 5.74) is 2.94. The zero-order valence-electron chi connectivity index (χ0n) is 18.3. The largest absolute Gasteiger partial charge is 0.373 e. The Kier molecular flexibility index (Phi) is 6.79. The maximum atomic E-state index is 12.8. The molecule has 4 rings (SSSR count). The monoisotopic (exact) mass is 464 g/mol. The number of piperazine rings is 1. The van der Waals surface area contributed by atoms with E-state index in [2.05, 4.69) is 10.2 Å². The van der Waals surface area contributed by atoms with Gasteiger partial charge in [0.1, 0.15) is 5.69 Å². The first-order valence-electron chi connectivity index (χ1n) is 10.8. The lowest BCUT2D eigenvalue weighted by molar-refractivity contribution is -0.384. The standard InChI is InChI=1S/C25H25ClN4O3/c1-18(19-7-3-2-4-8-19)27-23-17-20(11-12-24(23)30(32)33)28-13-15-29(16-14-28)25(31)21-9-5-6-10-22(21)26/h2-12,17-18,27H,13-16H2,1H3/t18-/m0/s1. The zero-order chi connectivity index (χ0) is 23.4. The molecule has 7 nitrogen and oxygen atoms in total. The molecule has 1 N–H and O–H groups in total. The Morgan fingerprint density at radius 1 is 1.00 bits per heavy atom. The van der Waals surface area contributed by atoms with Crippen molar-refractivity contribution in [3.05, 3.63) is 99.1 Å². The third kappa shape index (κ3) is 5.09. The van der Waals surface area contributed by atoms with Crippen LogP contribution in [0.1, 0.15) is 28.9 Å². The second-order valence-corrected chi connectivity index (χ2v) is 8.40. The molecule has 1 aliphatic heterocycles. The average molecular weight is 465 g/mol. The molecule has 170 valence electrons. The molecule has 33 heavy (non-hydrogen) atoms. The van der Waals surface area contributed by atoms with Gasteiger partial charge in [0.25, 0.3) is 11.6 Å². The second-order valence-electron chi connectivity index (χ2n) is 7.99. The molecular formula is C25H25ClN4O3. The van der Waals surface area contributed by atoms with Crippen molar-refractivity contribution in [1.82, 2.24) is 4.90 Å². The summed E-state index contributed by atoms with van der Waals surface area (Å²) in [6.45, 7) is 4.32. The normalized spacial score (nSPS) is 14.6. The Labute approximate surface area is 197 Å². The number of nitrogens with zero attached hydrogens (tertiary/aromatic N) is 3. The van der Waals surface area contributed by atoms with Gasteiger partial charge in [-0.15, -0.1) is 0 Å². The lowest BCUT2D eigenvalue weighted by Gasteiger charge is -2.36. The van der Waals surface area contributed by atoms with Crippen LogP contribution in [0.3, 0.4) is 0 Å². The summed E-state index contributed by atoms with van der Waals surface area (Å²) in [6.07, 6.45) is 0. The van der Waals surface area contributed by atoms with E-state index < -0.39 is 0 Å². The lowest BCUT2D eigenvalue weighted by atomic mass is 10.1. The number of halogens is 1. The molecule has 8 heteroatoms. The molecule has 1 heterocycles. The third-order valence-corrected chi connectivity index (χ3v) is 6.21. The van der Waals surface area contributed by atoms with Gasteiger partial charge >= 0.3 is 0 Å². The van der Waals surface area contributed by atoms with Gasteiger partial charge < -0.3 is 15.1 Å². The molecule has 1 fully saturated rings. The molecular weight excluding hydrogens is 440 g/mol. The number of amides is 1. The summed E-state index contributed by atoms with van der Waals surface area (Å²) >= 11 is 6.19. The fourth-order valence-corrected chi connectivity index (χ4v) is 4.24. The molecule has 0 bridgehead atoms. The van der Waals surface area contributed by atoms with Gasteiger partial charge in [-0.05, 0) is 36.8 Å². The number of nitrogens with one attached hydrogen (secondary N) is 1. The van der Waals surface area contributed by atoms with Crippen molar-refractivity contribution in [1.29, 1.82) is 0 Å².